The Balaban J connectivity index is 1.72. The summed E-state index contributed by atoms with van der Waals surface area (Å²) in [5.41, 5.74) is 0. The SMILES string of the molecule is C[C@@H]1CN(C[C@H](O)CN2CCCNCC2)C[C@H](C)O1. The van der Waals surface area contributed by atoms with Gasteiger partial charge in [-0.1, -0.05) is 0 Å². The zero-order valence-corrected chi connectivity index (χ0v) is 12.3. The number of rotatable bonds is 4. The molecule has 0 amide bonds. The van der Waals surface area contributed by atoms with Crippen LogP contribution in [0.15, 0.2) is 0 Å². The van der Waals surface area contributed by atoms with Gasteiger partial charge in [-0.15, -0.1) is 0 Å². The lowest BCUT2D eigenvalue weighted by Gasteiger charge is -2.37. The fourth-order valence-corrected chi connectivity index (χ4v) is 3.17. The zero-order valence-electron chi connectivity index (χ0n) is 12.3. The molecular weight excluding hydrogens is 242 g/mol. The molecule has 2 aliphatic rings. The quantitative estimate of drug-likeness (QED) is 0.738. The van der Waals surface area contributed by atoms with E-state index >= 15 is 0 Å². The first kappa shape index (κ1) is 15.2. The Morgan fingerprint density at radius 3 is 2.53 bits per heavy atom. The maximum absolute atomic E-state index is 10.3. The molecule has 5 nitrogen and oxygen atoms in total. The van der Waals surface area contributed by atoms with Crippen LogP contribution in [0.2, 0.25) is 0 Å². The molecule has 0 bridgehead atoms. The maximum atomic E-state index is 10.3. The van der Waals surface area contributed by atoms with Crippen LogP contribution in [-0.4, -0.2) is 85.6 Å². The van der Waals surface area contributed by atoms with E-state index in [-0.39, 0.29) is 18.3 Å². The van der Waals surface area contributed by atoms with Gasteiger partial charge in [0, 0.05) is 39.3 Å². The lowest BCUT2D eigenvalue weighted by Crippen LogP contribution is -2.49. The standard InChI is InChI=1S/C14H29N3O2/c1-12-8-17(9-13(2)19-12)11-14(18)10-16-6-3-4-15-5-7-16/h12-15,18H,3-11H2,1-2H3/t12-,13+,14-/m1/s1. The second-order valence-electron chi connectivity index (χ2n) is 6.03. The average Bonchev–Trinajstić information content (AvgIpc) is 2.55. The number of hydrogen-bond donors (Lipinski definition) is 2. The van der Waals surface area contributed by atoms with Gasteiger partial charge in [0.25, 0.3) is 0 Å². The van der Waals surface area contributed by atoms with Crippen LogP contribution in [0, 0.1) is 0 Å². The number of hydrogen-bond acceptors (Lipinski definition) is 5. The van der Waals surface area contributed by atoms with Crippen molar-refractivity contribution in [1.29, 1.82) is 0 Å². The minimum atomic E-state index is -0.254. The predicted molar refractivity (Wildman–Crippen MR) is 76.4 cm³/mol. The number of nitrogens with zero attached hydrogens (tertiary/aromatic N) is 2. The monoisotopic (exact) mass is 271 g/mol. The van der Waals surface area contributed by atoms with Crippen molar-refractivity contribution in [3.8, 4) is 0 Å². The van der Waals surface area contributed by atoms with Crippen LogP contribution in [-0.2, 0) is 4.74 Å². The summed E-state index contributed by atoms with van der Waals surface area (Å²) in [4.78, 5) is 4.71. The van der Waals surface area contributed by atoms with E-state index in [4.69, 9.17) is 4.74 Å². The van der Waals surface area contributed by atoms with Crippen molar-refractivity contribution in [1.82, 2.24) is 15.1 Å². The van der Waals surface area contributed by atoms with Gasteiger partial charge in [-0.3, -0.25) is 9.80 Å². The Morgan fingerprint density at radius 1 is 1.11 bits per heavy atom. The van der Waals surface area contributed by atoms with E-state index in [0.717, 1.165) is 52.4 Å². The van der Waals surface area contributed by atoms with Gasteiger partial charge in [-0.05, 0) is 33.4 Å². The van der Waals surface area contributed by atoms with E-state index in [9.17, 15) is 5.11 Å². The number of aliphatic hydroxyl groups is 1. The highest BCUT2D eigenvalue weighted by Gasteiger charge is 2.24. The third-order valence-electron chi connectivity index (χ3n) is 3.87. The van der Waals surface area contributed by atoms with Crippen LogP contribution in [0.25, 0.3) is 0 Å². The van der Waals surface area contributed by atoms with E-state index in [1.807, 2.05) is 0 Å². The third kappa shape index (κ3) is 5.36. The maximum Gasteiger partial charge on any atom is 0.0793 e. The van der Waals surface area contributed by atoms with E-state index in [1.165, 1.54) is 6.42 Å². The van der Waals surface area contributed by atoms with Gasteiger partial charge in [0.1, 0.15) is 0 Å². The second-order valence-corrected chi connectivity index (χ2v) is 6.03. The molecule has 19 heavy (non-hydrogen) atoms. The van der Waals surface area contributed by atoms with Crippen molar-refractivity contribution in [3.05, 3.63) is 0 Å². The molecule has 5 heteroatoms. The van der Waals surface area contributed by atoms with Gasteiger partial charge in [0.2, 0.25) is 0 Å². The highest BCUT2D eigenvalue weighted by atomic mass is 16.5. The summed E-state index contributed by atoms with van der Waals surface area (Å²) in [6.45, 7) is 11.9. The van der Waals surface area contributed by atoms with Crippen LogP contribution in [0.5, 0.6) is 0 Å². The van der Waals surface area contributed by atoms with Gasteiger partial charge in [-0.25, -0.2) is 0 Å². The first-order valence-corrected chi connectivity index (χ1v) is 7.62. The molecular formula is C14H29N3O2. The molecule has 2 saturated heterocycles. The fraction of sp³-hybridized carbons (Fsp3) is 1.00. The molecule has 0 radical (unpaired) electrons. The van der Waals surface area contributed by atoms with Crippen molar-refractivity contribution < 1.29 is 9.84 Å². The van der Waals surface area contributed by atoms with E-state index < -0.39 is 0 Å². The van der Waals surface area contributed by atoms with E-state index in [1.54, 1.807) is 0 Å². The molecule has 0 unspecified atom stereocenters. The summed E-state index contributed by atoms with van der Waals surface area (Å²) in [5, 5.41) is 13.7. The molecule has 2 heterocycles. The summed E-state index contributed by atoms with van der Waals surface area (Å²) >= 11 is 0. The largest absolute Gasteiger partial charge is 0.390 e. The number of β-amino-alcohol motifs (C(OH)–C–C–N with tert-alkyl or cyclic N) is 1. The molecule has 0 aromatic rings. The second kappa shape index (κ2) is 7.55. The smallest absolute Gasteiger partial charge is 0.0793 e. The highest BCUT2D eigenvalue weighted by molar-refractivity contribution is 4.77. The topological polar surface area (TPSA) is 48.0 Å². The van der Waals surface area contributed by atoms with Crippen LogP contribution in [0.1, 0.15) is 20.3 Å². The molecule has 112 valence electrons. The normalized spacial score (nSPS) is 33.0. The third-order valence-corrected chi connectivity index (χ3v) is 3.87. The molecule has 0 aromatic heterocycles. The molecule has 0 saturated carbocycles. The van der Waals surface area contributed by atoms with E-state index in [0.29, 0.717) is 0 Å². The lowest BCUT2D eigenvalue weighted by atomic mass is 10.2. The van der Waals surface area contributed by atoms with Crippen molar-refractivity contribution in [2.45, 2.75) is 38.6 Å². The van der Waals surface area contributed by atoms with Crippen LogP contribution >= 0.6 is 0 Å². The van der Waals surface area contributed by atoms with Gasteiger partial charge >= 0.3 is 0 Å². The zero-order chi connectivity index (χ0) is 13.7. The molecule has 0 spiro atoms. The van der Waals surface area contributed by atoms with Gasteiger partial charge in [-0.2, -0.15) is 0 Å². The Bertz CT molecular complexity index is 247. The fourth-order valence-electron chi connectivity index (χ4n) is 3.17. The molecule has 2 aliphatic heterocycles. The molecule has 3 atom stereocenters. The van der Waals surface area contributed by atoms with Crippen LogP contribution in [0.3, 0.4) is 0 Å². The molecule has 2 N–H and O–H groups in total. The molecule has 2 fully saturated rings. The molecule has 2 rings (SSSR count). The lowest BCUT2D eigenvalue weighted by molar-refractivity contribution is -0.0779. The summed E-state index contributed by atoms with van der Waals surface area (Å²) < 4.78 is 5.72. The van der Waals surface area contributed by atoms with E-state index in [2.05, 4.69) is 29.0 Å². The minimum Gasteiger partial charge on any atom is -0.390 e. The molecule has 0 aromatic carbocycles. The summed E-state index contributed by atoms with van der Waals surface area (Å²) in [6, 6.07) is 0. The first-order valence-electron chi connectivity index (χ1n) is 7.62. The summed E-state index contributed by atoms with van der Waals surface area (Å²) in [7, 11) is 0. The number of aliphatic hydroxyl groups excluding tert-OH is 1. The van der Waals surface area contributed by atoms with Gasteiger partial charge in [0.15, 0.2) is 0 Å². The van der Waals surface area contributed by atoms with Gasteiger partial charge in [0.05, 0.1) is 18.3 Å². The number of ether oxygens (including phenoxy) is 1. The Hall–Kier alpha value is -0.200. The minimum absolute atomic E-state index is 0.254. The molecule has 0 aliphatic carbocycles. The Labute approximate surface area is 116 Å². The number of nitrogens with one attached hydrogen (secondary N) is 1. The van der Waals surface area contributed by atoms with Gasteiger partial charge < -0.3 is 15.2 Å². The van der Waals surface area contributed by atoms with Crippen molar-refractivity contribution >= 4 is 0 Å². The first-order chi connectivity index (χ1) is 9.13. The highest BCUT2D eigenvalue weighted by Crippen LogP contribution is 2.11. The van der Waals surface area contributed by atoms with Crippen molar-refractivity contribution in [2.24, 2.45) is 0 Å². The number of morpholine rings is 1. The Kier molecular flexibility index (Phi) is 6.04. The Morgan fingerprint density at radius 2 is 1.79 bits per heavy atom. The van der Waals surface area contributed by atoms with Crippen molar-refractivity contribution in [3.63, 3.8) is 0 Å². The average molecular weight is 271 g/mol. The summed E-state index contributed by atoms with van der Waals surface area (Å²) in [5.74, 6) is 0. The van der Waals surface area contributed by atoms with Crippen LogP contribution < -0.4 is 5.32 Å². The van der Waals surface area contributed by atoms with Crippen LogP contribution in [0.4, 0.5) is 0 Å². The van der Waals surface area contributed by atoms with Crippen molar-refractivity contribution in [2.75, 3.05) is 52.4 Å². The summed E-state index contributed by atoms with van der Waals surface area (Å²) in [6.07, 6.45) is 1.48. The predicted octanol–water partition coefficient (Wildman–Crippen LogP) is -0.248.